The first-order valence-corrected chi connectivity index (χ1v) is 7.24. The molecule has 0 radical (unpaired) electrons. The monoisotopic (exact) mass is 345 g/mol. The van der Waals surface area contributed by atoms with Crippen molar-refractivity contribution >= 4 is 21.6 Å². The highest BCUT2D eigenvalue weighted by Crippen LogP contribution is 2.22. The van der Waals surface area contributed by atoms with Gasteiger partial charge in [0.15, 0.2) is 0 Å². The lowest BCUT2D eigenvalue weighted by atomic mass is 10.1. The first kappa shape index (κ1) is 13.8. The molecule has 0 unspecified atom stereocenters. The molecule has 3 nitrogen and oxygen atoms in total. The van der Waals surface area contributed by atoms with E-state index >= 15 is 0 Å². The second-order valence-corrected chi connectivity index (χ2v) is 5.66. The van der Waals surface area contributed by atoms with Crippen LogP contribution < -0.4 is 5.73 Å². The van der Waals surface area contributed by atoms with Crippen LogP contribution in [-0.4, -0.2) is 9.55 Å². The van der Waals surface area contributed by atoms with Crippen molar-refractivity contribution in [1.82, 2.24) is 9.55 Å². The van der Waals surface area contributed by atoms with E-state index in [2.05, 4.69) is 20.9 Å². The van der Waals surface area contributed by atoms with Gasteiger partial charge in [0.1, 0.15) is 11.6 Å². The summed E-state index contributed by atoms with van der Waals surface area (Å²) in [6, 6.07) is 12.4. The molecule has 0 spiro atoms. The normalized spacial score (nSPS) is 10.8. The molecule has 0 aliphatic rings. The number of aromatic nitrogens is 2. The van der Waals surface area contributed by atoms with Gasteiger partial charge >= 0.3 is 0 Å². The fourth-order valence-corrected chi connectivity index (χ4v) is 2.63. The van der Waals surface area contributed by atoms with Crippen LogP contribution in [0.2, 0.25) is 0 Å². The van der Waals surface area contributed by atoms with Gasteiger partial charge in [0, 0.05) is 33.7 Å². The van der Waals surface area contributed by atoms with E-state index in [0.29, 0.717) is 17.8 Å². The Labute approximate surface area is 130 Å². The number of benzene rings is 2. The van der Waals surface area contributed by atoms with Crippen molar-refractivity contribution in [2.24, 2.45) is 0 Å². The van der Waals surface area contributed by atoms with E-state index in [1.807, 2.05) is 35.0 Å². The Morgan fingerprint density at radius 1 is 1.19 bits per heavy atom. The fraction of sp³-hybridized carbons (Fsp3) is 0.0625. The highest BCUT2D eigenvalue weighted by molar-refractivity contribution is 9.10. The van der Waals surface area contributed by atoms with Crippen LogP contribution in [-0.2, 0) is 6.54 Å². The van der Waals surface area contributed by atoms with E-state index < -0.39 is 0 Å². The van der Waals surface area contributed by atoms with Crippen LogP contribution in [0, 0.1) is 5.82 Å². The van der Waals surface area contributed by atoms with Gasteiger partial charge < -0.3 is 10.3 Å². The van der Waals surface area contributed by atoms with Crippen LogP contribution in [0.1, 0.15) is 5.56 Å². The zero-order valence-corrected chi connectivity index (χ0v) is 12.7. The predicted octanol–water partition coefficient (Wildman–Crippen LogP) is 4.08. The third-order valence-corrected chi connectivity index (χ3v) is 3.70. The van der Waals surface area contributed by atoms with Gasteiger partial charge in [-0.3, -0.25) is 0 Å². The van der Waals surface area contributed by atoms with E-state index in [-0.39, 0.29) is 5.82 Å². The lowest BCUT2D eigenvalue weighted by Crippen LogP contribution is -2.03. The minimum absolute atomic E-state index is 0.231. The SMILES string of the molecule is Nc1cccc(-c2nccn2Cc2cc(Br)ccc2F)c1. The number of imidazole rings is 1. The molecule has 0 saturated heterocycles. The van der Waals surface area contributed by atoms with Crippen molar-refractivity contribution in [3.05, 3.63) is 70.7 Å². The highest BCUT2D eigenvalue weighted by atomic mass is 79.9. The maximum atomic E-state index is 13.9. The second-order valence-electron chi connectivity index (χ2n) is 4.74. The van der Waals surface area contributed by atoms with E-state index in [1.54, 1.807) is 18.3 Å². The number of nitrogen functional groups attached to an aromatic ring is 1. The zero-order valence-electron chi connectivity index (χ0n) is 11.1. The molecule has 1 aromatic heterocycles. The molecule has 0 saturated carbocycles. The van der Waals surface area contributed by atoms with Crippen LogP contribution in [0.25, 0.3) is 11.4 Å². The Kier molecular flexibility index (Phi) is 3.75. The third-order valence-electron chi connectivity index (χ3n) is 3.21. The van der Waals surface area contributed by atoms with Crippen molar-refractivity contribution in [3.8, 4) is 11.4 Å². The molecule has 0 aliphatic carbocycles. The van der Waals surface area contributed by atoms with Crippen molar-refractivity contribution < 1.29 is 4.39 Å². The van der Waals surface area contributed by atoms with Crippen molar-refractivity contribution in [3.63, 3.8) is 0 Å². The molecule has 0 fully saturated rings. The number of hydrogen-bond donors (Lipinski definition) is 1. The maximum absolute atomic E-state index is 13.9. The highest BCUT2D eigenvalue weighted by Gasteiger charge is 2.09. The van der Waals surface area contributed by atoms with Crippen LogP contribution in [0.3, 0.4) is 0 Å². The summed E-state index contributed by atoms with van der Waals surface area (Å²) in [5.41, 5.74) is 8.00. The molecule has 3 aromatic rings. The van der Waals surface area contributed by atoms with Crippen molar-refractivity contribution in [2.75, 3.05) is 5.73 Å². The van der Waals surface area contributed by atoms with Gasteiger partial charge in [-0.05, 0) is 30.3 Å². The van der Waals surface area contributed by atoms with Crippen molar-refractivity contribution in [2.45, 2.75) is 6.54 Å². The summed E-state index contributed by atoms with van der Waals surface area (Å²) in [5.74, 6) is 0.534. The summed E-state index contributed by atoms with van der Waals surface area (Å²) in [6.45, 7) is 0.412. The maximum Gasteiger partial charge on any atom is 0.140 e. The Bertz CT molecular complexity index is 783. The Balaban J connectivity index is 1.98. The molecule has 0 atom stereocenters. The summed E-state index contributed by atoms with van der Waals surface area (Å²) in [4.78, 5) is 4.35. The second kappa shape index (κ2) is 5.69. The first-order chi connectivity index (χ1) is 10.1. The van der Waals surface area contributed by atoms with Gasteiger partial charge in [0.2, 0.25) is 0 Å². The molecule has 21 heavy (non-hydrogen) atoms. The van der Waals surface area contributed by atoms with Gasteiger partial charge in [-0.1, -0.05) is 28.1 Å². The molecule has 2 aromatic carbocycles. The predicted molar refractivity (Wildman–Crippen MR) is 85.3 cm³/mol. The fourth-order valence-electron chi connectivity index (χ4n) is 2.22. The van der Waals surface area contributed by atoms with Gasteiger partial charge in [0.25, 0.3) is 0 Å². The Morgan fingerprint density at radius 2 is 2.05 bits per heavy atom. The molecule has 1 heterocycles. The average Bonchev–Trinajstić information content (AvgIpc) is 2.91. The van der Waals surface area contributed by atoms with Crippen LogP contribution >= 0.6 is 15.9 Å². The molecule has 5 heteroatoms. The molecular weight excluding hydrogens is 333 g/mol. The first-order valence-electron chi connectivity index (χ1n) is 6.44. The van der Waals surface area contributed by atoms with E-state index in [4.69, 9.17) is 5.73 Å². The van der Waals surface area contributed by atoms with E-state index in [1.165, 1.54) is 6.07 Å². The zero-order chi connectivity index (χ0) is 14.8. The summed E-state index contributed by atoms with van der Waals surface area (Å²) >= 11 is 3.37. The summed E-state index contributed by atoms with van der Waals surface area (Å²) in [6.07, 6.45) is 3.54. The smallest absolute Gasteiger partial charge is 0.140 e. The summed E-state index contributed by atoms with van der Waals surface area (Å²) in [5, 5.41) is 0. The number of nitrogens with two attached hydrogens (primary N) is 1. The largest absolute Gasteiger partial charge is 0.399 e. The number of anilines is 1. The minimum atomic E-state index is -0.231. The minimum Gasteiger partial charge on any atom is -0.399 e. The van der Waals surface area contributed by atoms with Crippen LogP contribution in [0.4, 0.5) is 10.1 Å². The topological polar surface area (TPSA) is 43.8 Å². The molecular formula is C16H13BrFN3. The number of nitrogens with zero attached hydrogens (tertiary/aromatic N) is 2. The van der Waals surface area contributed by atoms with Gasteiger partial charge in [-0.25, -0.2) is 9.37 Å². The molecule has 3 rings (SSSR count). The average molecular weight is 346 g/mol. The van der Waals surface area contributed by atoms with E-state index in [9.17, 15) is 4.39 Å². The molecule has 0 amide bonds. The quantitative estimate of drug-likeness (QED) is 0.726. The van der Waals surface area contributed by atoms with E-state index in [0.717, 1.165) is 15.9 Å². The van der Waals surface area contributed by atoms with Gasteiger partial charge in [0.05, 0.1) is 6.54 Å². The Morgan fingerprint density at radius 3 is 2.86 bits per heavy atom. The van der Waals surface area contributed by atoms with Gasteiger partial charge in [-0.15, -0.1) is 0 Å². The third kappa shape index (κ3) is 2.97. The number of rotatable bonds is 3. The molecule has 106 valence electrons. The summed E-state index contributed by atoms with van der Waals surface area (Å²) < 4.78 is 16.6. The lowest BCUT2D eigenvalue weighted by molar-refractivity contribution is 0.600. The Hall–Kier alpha value is -2.14. The molecule has 2 N–H and O–H groups in total. The lowest BCUT2D eigenvalue weighted by Gasteiger charge is -2.10. The van der Waals surface area contributed by atoms with Crippen LogP contribution in [0.15, 0.2) is 59.3 Å². The van der Waals surface area contributed by atoms with Crippen LogP contribution in [0.5, 0.6) is 0 Å². The standard InChI is InChI=1S/C16H13BrFN3/c17-13-4-5-15(18)12(8-13)10-21-7-6-20-16(21)11-2-1-3-14(19)9-11/h1-9H,10,19H2. The number of halogens is 2. The molecule has 0 aliphatic heterocycles. The summed E-state index contributed by atoms with van der Waals surface area (Å²) in [7, 11) is 0. The van der Waals surface area contributed by atoms with Gasteiger partial charge in [-0.2, -0.15) is 0 Å². The number of hydrogen-bond acceptors (Lipinski definition) is 2. The van der Waals surface area contributed by atoms with Crippen molar-refractivity contribution in [1.29, 1.82) is 0 Å². The molecule has 0 bridgehead atoms.